The van der Waals surface area contributed by atoms with Crippen LogP contribution in [0.15, 0.2) is 6.07 Å². The zero-order valence-electron chi connectivity index (χ0n) is 15.2. The molecule has 2 rings (SSSR count). The minimum atomic E-state index is -0.311. The molecule has 1 heterocycles. The third kappa shape index (κ3) is 3.36. The molecule has 1 aromatic rings. The molecule has 1 aromatic heterocycles. The standard InChI is InChI=1S/C19H33NO/c1-13-9-14-15(10-18(5,6)11-16(14)21)20(13)19(7,8)12-17(2,3)4/h9,16,21H,10-12H2,1-8H3. The summed E-state index contributed by atoms with van der Waals surface area (Å²) in [6.07, 6.45) is 2.73. The number of hydrogen-bond acceptors (Lipinski definition) is 1. The lowest BCUT2D eigenvalue weighted by atomic mass is 9.75. The molecule has 120 valence electrons. The van der Waals surface area contributed by atoms with Crippen LogP contribution in [0.25, 0.3) is 0 Å². The second-order valence-electron chi connectivity index (χ2n) is 9.63. The summed E-state index contributed by atoms with van der Waals surface area (Å²) >= 11 is 0. The average molecular weight is 291 g/mol. The summed E-state index contributed by atoms with van der Waals surface area (Å²) in [5, 5.41) is 10.5. The Morgan fingerprint density at radius 3 is 2.33 bits per heavy atom. The monoisotopic (exact) mass is 291 g/mol. The zero-order chi connectivity index (χ0) is 16.2. The van der Waals surface area contributed by atoms with Gasteiger partial charge >= 0.3 is 0 Å². The highest BCUT2D eigenvalue weighted by atomic mass is 16.3. The van der Waals surface area contributed by atoms with E-state index in [1.54, 1.807) is 0 Å². The summed E-state index contributed by atoms with van der Waals surface area (Å²) in [7, 11) is 0. The average Bonchev–Trinajstić information content (AvgIpc) is 2.49. The number of rotatable bonds is 2. The Morgan fingerprint density at radius 2 is 1.81 bits per heavy atom. The highest BCUT2D eigenvalue weighted by Crippen LogP contribution is 2.45. The number of hydrogen-bond donors (Lipinski definition) is 1. The molecule has 0 aliphatic heterocycles. The van der Waals surface area contributed by atoms with E-state index in [2.05, 4.69) is 66.0 Å². The van der Waals surface area contributed by atoms with Crippen molar-refractivity contribution in [1.29, 1.82) is 0 Å². The van der Waals surface area contributed by atoms with E-state index in [4.69, 9.17) is 0 Å². The van der Waals surface area contributed by atoms with Crippen LogP contribution in [-0.4, -0.2) is 9.67 Å². The molecule has 1 unspecified atom stereocenters. The molecule has 0 aromatic carbocycles. The molecule has 0 amide bonds. The first-order chi connectivity index (χ1) is 9.32. The Balaban J connectivity index is 2.51. The van der Waals surface area contributed by atoms with Gasteiger partial charge in [0, 0.05) is 22.5 Å². The lowest BCUT2D eigenvalue weighted by Crippen LogP contribution is -2.36. The first-order valence-electron chi connectivity index (χ1n) is 8.22. The Labute approximate surface area is 130 Å². The Hall–Kier alpha value is -0.760. The molecular weight excluding hydrogens is 258 g/mol. The number of nitrogens with zero attached hydrogens (tertiary/aromatic N) is 1. The fraction of sp³-hybridized carbons (Fsp3) is 0.789. The maximum Gasteiger partial charge on any atom is 0.0812 e. The summed E-state index contributed by atoms with van der Waals surface area (Å²) in [6, 6.07) is 2.21. The van der Waals surface area contributed by atoms with E-state index in [1.807, 2.05) is 0 Å². The second kappa shape index (κ2) is 4.87. The minimum Gasteiger partial charge on any atom is -0.388 e. The van der Waals surface area contributed by atoms with Crippen molar-refractivity contribution in [1.82, 2.24) is 4.57 Å². The van der Waals surface area contributed by atoms with Gasteiger partial charge < -0.3 is 9.67 Å². The first kappa shape index (κ1) is 16.6. The van der Waals surface area contributed by atoms with E-state index >= 15 is 0 Å². The molecule has 0 radical (unpaired) electrons. The quantitative estimate of drug-likeness (QED) is 0.817. The van der Waals surface area contributed by atoms with Crippen LogP contribution in [0.3, 0.4) is 0 Å². The van der Waals surface area contributed by atoms with Crippen molar-refractivity contribution in [3.8, 4) is 0 Å². The summed E-state index contributed by atoms with van der Waals surface area (Å²) in [5.74, 6) is 0. The van der Waals surface area contributed by atoms with Gasteiger partial charge in [-0.3, -0.25) is 0 Å². The summed E-state index contributed by atoms with van der Waals surface area (Å²) < 4.78 is 2.50. The van der Waals surface area contributed by atoms with Crippen molar-refractivity contribution in [2.24, 2.45) is 10.8 Å². The summed E-state index contributed by atoms with van der Waals surface area (Å²) in [6.45, 7) is 18.3. The number of aryl methyl sites for hydroxylation is 1. The van der Waals surface area contributed by atoms with Crippen LogP contribution in [0.1, 0.15) is 84.4 Å². The molecular formula is C19H33NO. The van der Waals surface area contributed by atoms with Gasteiger partial charge in [-0.05, 0) is 56.9 Å². The van der Waals surface area contributed by atoms with Gasteiger partial charge in [-0.1, -0.05) is 34.6 Å². The van der Waals surface area contributed by atoms with Gasteiger partial charge in [-0.2, -0.15) is 0 Å². The van der Waals surface area contributed by atoms with Gasteiger partial charge in [0.05, 0.1) is 6.10 Å². The van der Waals surface area contributed by atoms with E-state index < -0.39 is 0 Å². The zero-order valence-corrected chi connectivity index (χ0v) is 15.2. The minimum absolute atomic E-state index is 0.0725. The maximum absolute atomic E-state index is 10.5. The van der Waals surface area contributed by atoms with Crippen LogP contribution >= 0.6 is 0 Å². The SMILES string of the molecule is Cc1cc2c(n1C(C)(C)CC(C)(C)C)CC(C)(C)CC2O. The summed E-state index contributed by atoms with van der Waals surface area (Å²) in [4.78, 5) is 0. The first-order valence-corrected chi connectivity index (χ1v) is 8.22. The fourth-order valence-electron chi connectivity index (χ4n) is 4.56. The van der Waals surface area contributed by atoms with Gasteiger partial charge in [-0.15, -0.1) is 0 Å². The maximum atomic E-state index is 10.5. The lowest BCUT2D eigenvalue weighted by molar-refractivity contribution is 0.0948. The Kier molecular flexibility index (Phi) is 3.85. The van der Waals surface area contributed by atoms with Crippen molar-refractivity contribution in [3.63, 3.8) is 0 Å². The normalized spacial score (nSPS) is 22.2. The van der Waals surface area contributed by atoms with Gasteiger partial charge in [-0.25, -0.2) is 0 Å². The number of aliphatic hydroxyl groups is 1. The van der Waals surface area contributed by atoms with E-state index in [0.29, 0.717) is 0 Å². The van der Waals surface area contributed by atoms with Crippen LogP contribution in [0.5, 0.6) is 0 Å². The van der Waals surface area contributed by atoms with Crippen molar-refractivity contribution in [2.75, 3.05) is 0 Å². The molecule has 0 saturated heterocycles. The highest BCUT2D eigenvalue weighted by Gasteiger charge is 2.38. The number of aromatic nitrogens is 1. The van der Waals surface area contributed by atoms with Crippen molar-refractivity contribution >= 4 is 0 Å². The van der Waals surface area contributed by atoms with Crippen LogP contribution < -0.4 is 0 Å². The van der Waals surface area contributed by atoms with E-state index in [1.165, 1.54) is 11.4 Å². The third-order valence-corrected chi connectivity index (χ3v) is 4.64. The molecule has 0 saturated carbocycles. The van der Waals surface area contributed by atoms with E-state index in [0.717, 1.165) is 24.8 Å². The number of aliphatic hydroxyl groups excluding tert-OH is 1. The second-order valence-corrected chi connectivity index (χ2v) is 9.63. The van der Waals surface area contributed by atoms with Crippen molar-refractivity contribution in [2.45, 2.75) is 86.3 Å². The van der Waals surface area contributed by atoms with E-state index in [-0.39, 0.29) is 22.5 Å². The van der Waals surface area contributed by atoms with Gasteiger partial charge in [0.15, 0.2) is 0 Å². The van der Waals surface area contributed by atoms with E-state index in [9.17, 15) is 5.11 Å². The van der Waals surface area contributed by atoms with Crippen molar-refractivity contribution < 1.29 is 5.11 Å². The van der Waals surface area contributed by atoms with Gasteiger partial charge in [0.2, 0.25) is 0 Å². The predicted molar refractivity (Wildman–Crippen MR) is 89.6 cm³/mol. The van der Waals surface area contributed by atoms with Gasteiger partial charge in [0.25, 0.3) is 0 Å². The predicted octanol–water partition coefficient (Wildman–Crippen LogP) is 4.97. The molecule has 1 N–H and O–H groups in total. The molecule has 2 heteroatoms. The van der Waals surface area contributed by atoms with Gasteiger partial charge in [0.1, 0.15) is 0 Å². The Morgan fingerprint density at radius 1 is 1.24 bits per heavy atom. The van der Waals surface area contributed by atoms with Crippen LogP contribution in [0, 0.1) is 17.8 Å². The van der Waals surface area contributed by atoms with Crippen molar-refractivity contribution in [3.05, 3.63) is 23.0 Å². The molecule has 21 heavy (non-hydrogen) atoms. The molecule has 2 nitrogen and oxygen atoms in total. The highest BCUT2D eigenvalue weighted by molar-refractivity contribution is 5.34. The molecule has 0 spiro atoms. The van der Waals surface area contributed by atoms with Crippen LogP contribution in [0.4, 0.5) is 0 Å². The third-order valence-electron chi connectivity index (χ3n) is 4.64. The Bertz CT molecular complexity index is 528. The molecule has 0 fully saturated rings. The molecule has 1 atom stereocenters. The largest absolute Gasteiger partial charge is 0.388 e. The molecule has 1 aliphatic carbocycles. The molecule has 1 aliphatic rings. The lowest BCUT2D eigenvalue weighted by Gasteiger charge is -2.40. The number of fused-ring (bicyclic) bond motifs is 1. The fourth-order valence-corrected chi connectivity index (χ4v) is 4.56. The summed E-state index contributed by atoms with van der Waals surface area (Å²) in [5.41, 5.74) is 4.33. The van der Waals surface area contributed by atoms with Crippen LogP contribution in [0.2, 0.25) is 0 Å². The molecule has 0 bridgehead atoms. The van der Waals surface area contributed by atoms with Crippen LogP contribution in [-0.2, 0) is 12.0 Å². The smallest absolute Gasteiger partial charge is 0.0812 e. The topological polar surface area (TPSA) is 25.2 Å².